The predicted molar refractivity (Wildman–Crippen MR) is 314 cm³/mol. The van der Waals surface area contributed by atoms with E-state index < -0.39 is 0 Å². The van der Waals surface area contributed by atoms with E-state index >= 15 is 0 Å². The molecule has 0 saturated heterocycles. The van der Waals surface area contributed by atoms with Gasteiger partial charge in [0.1, 0.15) is 12.5 Å². The minimum atomic E-state index is 0.00228. The van der Waals surface area contributed by atoms with E-state index in [2.05, 4.69) is 292 Å². The molecule has 2 aromatic heterocycles. The Kier molecular flexibility index (Phi) is 11.6. The molecule has 0 saturated carbocycles. The molecule has 0 bridgehead atoms. The molecule has 1 aliphatic rings. The zero-order valence-electron chi connectivity index (χ0n) is 43.4. The molecule has 0 radical (unpaired) electrons. The van der Waals surface area contributed by atoms with E-state index in [4.69, 9.17) is 4.98 Å². The molecule has 5 heteroatoms. The van der Waals surface area contributed by atoms with Crippen LogP contribution in [0.2, 0.25) is 0 Å². The lowest BCUT2D eigenvalue weighted by Gasteiger charge is -2.30. The van der Waals surface area contributed by atoms with Crippen LogP contribution in [0.1, 0.15) is 58.2 Å². The lowest BCUT2D eigenvalue weighted by molar-refractivity contribution is 0.568. The summed E-state index contributed by atoms with van der Waals surface area (Å²) in [6, 6.07) is 82.0. The van der Waals surface area contributed by atoms with E-state index in [0.717, 1.165) is 56.1 Å². The summed E-state index contributed by atoms with van der Waals surface area (Å²) >= 11 is 0. The van der Waals surface area contributed by atoms with Crippen molar-refractivity contribution in [2.24, 2.45) is 0 Å². The van der Waals surface area contributed by atoms with Gasteiger partial charge in [0.05, 0.1) is 22.4 Å². The number of pyridine rings is 1. The van der Waals surface area contributed by atoms with Crippen LogP contribution >= 0.6 is 0 Å². The summed E-state index contributed by atoms with van der Waals surface area (Å²) in [6.07, 6.45) is 2.04. The zero-order valence-corrected chi connectivity index (χ0v) is 43.4. The standard InChI is InChI=1S/C69H61N5/c1-47-37-67(70-45-62(47)49-23-13-9-14-24-49)74-63-36-33-52(51-26-19-25-50(38-51)48-21-11-8-12-22-48)39-61(63)60-35-34-58(44-66(60)74)73(55-27-15-10-16-28-55)57-30-20-29-56(43-57)71-46-72(65-32-18-17-31-64(65)71)59-41-53(68(2,3)4)40-54(42-59)69(5,6)7/h8-45H,46H2,1-7H3. The van der Waals surface area contributed by atoms with Gasteiger partial charge in [-0.2, -0.15) is 0 Å². The molecule has 12 rings (SSSR count). The molecule has 0 fully saturated rings. The normalized spacial score (nSPS) is 12.7. The van der Waals surface area contributed by atoms with Crippen molar-refractivity contribution in [3.05, 3.63) is 247 Å². The van der Waals surface area contributed by atoms with Crippen LogP contribution in [0.25, 0.3) is 61.0 Å². The quantitative estimate of drug-likeness (QED) is 0.144. The van der Waals surface area contributed by atoms with Gasteiger partial charge in [-0.15, -0.1) is 0 Å². The first kappa shape index (κ1) is 46.4. The molecule has 0 spiro atoms. The Morgan fingerprint density at radius 2 is 0.959 bits per heavy atom. The van der Waals surface area contributed by atoms with Crippen molar-refractivity contribution in [2.75, 3.05) is 21.4 Å². The van der Waals surface area contributed by atoms with Gasteiger partial charge in [-0.25, -0.2) is 4.98 Å². The Bertz CT molecular complexity index is 3830. The molecule has 5 nitrogen and oxygen atoms in total. The van der Waals surface area contributed by atoms with E-state index in [9.17, 15) is 0 Å². The average Bonchev–Trinajstić information content (AvgIpc) is 3.97. The summed E-state index contributed by atoms with van der Waals surface area (Å²) in [4.78, 5) is 12.6. The number of fused-ring (bicyclic) bond motifs is 4. The fourth-order valence-corrected chi connectivity index (χ4v) is 10.8. The summed E-state index contributed by atoms with van der Waals surface area (Å²) in [5, 5.41) is 2.34. The Morgan fingerprint density at radius 3 is 1.62 bits per heavy atom. The number of hydrogen-bond acceptors (Lipinski definition) is 4. The van der Waals surface area contributed by atoms with Gasteiger partial charge < -0.3 is 14.7 Å². The molecule has 0 N–H and O–H groups in total. The second-order valence-corrected chi connectivity index (χ2v) is 21.9. The van der Waals surface area contributed by atoms with Gasteiger partial charge in [-0.05, 0) is 153 Å². The number of benzene rings is 9. The number of rotatable bonds is 9. The fourth-order valence-electron chi connectivity index (χ4n) is 10.8. The molecule has 0 atom stereocenters. The van der Waals surface area contributed by atoms with Gasteiger partial charge in [-0.1, -0.05) is 175 Å². The van der Waals surface area contributed by atoms with Crippen LogP contribution in [-0.2, 0) is 10.8 Å². The van der Waals surface area contributed by atoms with E-state index in [1.807, 2.05) is 6.20 Å². The van der Waals surface area contributed by atoms with Crippen LogP contribution in [0.15, 0.2) is 231 Å². The molecule has 0 amide bonds. The molecule has 3 heterocycles. The molecule has 362 valence electrons. The third kappa shape index (κ3) is 8.58. The van der Waals surface area contributed by atoms with Crippen LogP contribution < -0.4 is 14.7 Å². The highest BCUT2D eigenvalue weighted by Gasteiger charge is 2.31. The van der Waals surface area contributed by atoms with Crippen molar-refractivity contribution in [2.45, 2.75) is 59.3 Å². The SMILES string of the molecule is Cc1cc(-n2c3ccc(-c4cccc(-c5ccccc5)c4)cc3c3ccc(N(c4ccccc4)c4cccc(N5CN(c6cc(C(C)(C)C)cc(C(C)(C)C)c6)c6ccccc65)c4)cc32)ncc1-c1ccccc1. The third-order valence-corrected chi connectivity index (χ3v) is 14.8. The van der Waals surface area contributed by atoms with E-state index in [1.54, 1.807) is 0 Å². The highest BCUT2D eigenvalue weighted by Crippen LogP contribution is 2.48. The van der Waals surface area contributed by atoms with Crippen molar-refractivity contribution < 1.29 is 0 Å². The number of hydrogen-bond donors (Lipinski definition) is 0. The molecular weight excluding hydrogens is 899 g/mol. The van der Waals surface area contributed by atoms with Gasteiger partial charge in [0.15, 0.2) is 0 Å². The Morgan fingerprint density at radius 1 is 0.405 bits per heavy atom. The lowest BCUT2D eigenvalue weighted by atomic mass is 9.80. The first-order chi connectivity index (χ1) is 35.9. The van der Waals surface area contributed by atoms with E-state index in [0.29, 0.717) is 6.67 Å². The molecular formula is C69H61N5. The van der Waals surface area contributed by atoms with E-state index in [1.165, 1.54) is 61.4 Å². The fraction of sp³-hybridized carbons (Fsp3) is 0.145. The summed E-state index contributed by atoms with van der Waals surface area (Å²) < 4.78 is 2.36. The monoisotopic (exact) mass is 959 g/mol. The van der Waals surface area contributed by atoms with Crippen LogP contribution in [0.5, 0.6) is 0 Å². The lowest BCUT2D eigenvalue weighted by Crippen LogP contribution is -2.25. The Hall–Kier alpha value is -8.67. The number of anilines is 7. The maximum Gasteiger partial charge on any atom is 0.137 e. The van der Waals surface area contributed by atoms with Gasteiger partial charge in [-0.3, -0.25) is 4.57 Å². The number of nitrogens with zero attached hydrogens (tertiary/aromatic N) is 5. The smallest absolute Gasteiger partial charge is 0.137 e. The molecule has 1 aliphatic heterocycles. The Labute approximate surface area is 436 Å². The number of aromatic nitrogens is 2. The number of para-hydroxylation sites is 3. The molecule has 74 heavy (non-hydrogen) atoms. The summed E-state index contributed by atoms with van der Waals surface area (Å²) in [5.74, 6) is 0.881. The maximum absolute atomic E-state index is 5.25. The minimum Gasteiger partial charge on any atom is -0.321 e. The molecule has 0 aliphatic carbocycles. The highest BCUT2D eigenvalue weighted by atomic mass is 15.4. The largest absolute Gasteiger partial charge is 0.321 e. The van der Waals surface area contributed by atoms with Crippen molar-refractivity contribution in [1.82, 2.24) is 9.55 Å². The van der Waals surface area contributed by atoms with Gasteiger partial charge in [0.2, 0.25) is 0 Å². The van der Waals surface area contributed by atoms with Crippen molar-refractivity contribution >= 4 is 61.6 Å². The van der Waals surface area contributed by atoms with Gasteiger partial charge >= 0.3 is 0 Å². The molecule has 11 aromatic rings. The van der Waals surface area contributed by atoms with Crippen LogP contribution in [-0.4, -0.2) is 16.2 Å². The minimum absolute atomic E-state index is 0.00228. The summed E-state index contributed by atoms with van der Waals surface area (Å²) in [6.45, 7) is 16.8. The predicted octanol–water partition coefficient (Wildman–Crippen LogP) is 18.8. The molecule has 0 unspecified atom stereocenters. The second kappa shape index (κ2) is 18.4. The third-order valence-electron chi connectivity index (χ3n) is 14.8. The number of aryl methyl sites for hydroxylation is 1. The maximum atomic E-state index is 5.25. The van der Waals surface area contributed by atoms with Crippen LogP contribution in [0.3, 0.4) is 0 Å². The van der Waals surface area contributed by atoms with Crippen molar-refractivity contribution in [3.8, 4) is 39.2 Å². The summed E-state index contributed by atoms with van der Waals surface area (Å²) in [7, 11) is 0. The first-order valence-electron chi connectivity index (χ1n) is 25.9. The Balaban J connectivity index is 0.993. The highest BCUT2D eigenvalue weighted by molar-refractivity contribution is 6.11. The van der Waals surface area contributed by atoms with Crippen LogP contribution in [0.4, 0.5) is 39.8 Å². The topological polar surface area (TPSA) is 27.5 Å². The zero-order chi connectivity index (χ0) is 50.7. The van der Waals surface area contributed by atoms with Gasteiger partial charge in [0.25, 0.3) is 0 Å². The van der Waals surface area contributed by atoms with Crippen molar-refractivity contribution in [3.63, 3.8) is 0 Å². The van der Waals surface area contributed by atoms with Crippen molar-refractivity contribution in [1.29, 1.82) is 0 Å². The first-order valence-corrected chi connectivity index (χ1v) is 25.9. The summed E-state index contributed by atoms with van der Waals surface area (Å²) in [5.41, 5.74) is 21.0. The van der Waals surface area contributed by atoms with Gasteiger partial charge in [0, 0.05) is 51.0 Å². The molecule has 9 aromatic carbocycles. The van der Waals surface area contributed by atoms with E-state index in [-0.39, 0.29) is 10.8 Å². The average molecular weight is 960 g/mol. The second-order valence-electron chi connectivity index (χ2n) is 21.9. The van der Waals surface area contributed by atoms with Crippen LogP contribution in [0, 0.1) is 6.92 Å².